The maximum absolute atomic E-state index is 12.5. The minimum atomic E-state index is -3.70. The number of nitrogens with zero attached hydrogens (tertiary/aromatic N) is 1. The molecule has 144 valence electrons. The van der Waals surface area contributed by atoms with Gasteiger partial charge in [0.1, 0.15) is 4.90 Å². The van der Waals surface area contributed by atoms with E-state index >= 15 is 0 Å². The first-order valence-electron chi connectivity index (χ1n) is 8.67. The van der Waals surface area contributed by atoms with Crippen LogP contribution in [0, 0.1) is 0 Å². The summed E-state index contributed by atoms with van der Waals surface area (Å²) in [5.74, 6) is 0.0171. The van der Waals surface area contributed by atoms with E-state index in [1.807, 2.05) is 0 Å². The number of hydrogen-bond acceptors (Lipinski definition) is 4. The maximum Gasteiger partial charge on any atom is 0.263 e. The van der Waals surface area contributed by atoms with Gasteiger partial charge in [-0.15, -0.1) is 0 Å². The fourth-order valence-corrected chi connectivity index (χ4v) is 5.03. The van der Waals surface area contributed by atoms with E-state index < -0.39 is 10.0 Å². The molecule has 0 atom stereocenters. The Balaban J connectivity index is 1.63. The summed E-state index contributed by atoms with van der Waals surface area (Å²) in [6, 6.07) is 13.4. The summed E-state index contributed by atoms with van der Waals surface area (Å²) in [7, 11) is -3.70. The average Bonchev–Trinajstić information content (AvgIpc) is 2.64. The number of anilines is 1. The van der Waals surface area contributed by atoms with Crippen LogP contribution in [0.25, 0.3) is 0 Å². The smallest absolute Gasteiger partial charge is 0.263 e. The average molecular weight is 453 g/mol. The quantitative estimate of drug-likeness (QED) is 0.729. The molecule has 0 aliphatic carbocycles. The predicted molar refractivity (Wildman–Crippen MR) is 107 cm³/mol. The van der Waals surface area contributed by atoms with E-state index in [-0.39, 0.29) is 23.3 Å². The van der Waals surface area contributed by atoms with Crippen molar-refractivity contribution >= 4 is 37.5 Å². The molecule has 3 rings (SSSR count). The number of rotatable bonds is 5. The first-order chi connectivity index (χ1) is 12.8. The summed E-state index contributed by atoms with van der Waals surface area (Å²) in [5, 5.41) is 9.52. The number of carbonyl (C=O) groups is 1. The second-order valence-electron chi connectivity index (χ2n) is 6.52. The molecule has 0 saturated carbocycles. The first-order valence-corrected chi connectivity index (χ1v) is 10.9. The van der Waals surface area contributed by atoms with E-state index in [2.05, 4.69) is 20.7 Å². The number of piperidine rings is 1. The Labute approximate surface area is 167 Å². The number of sulfonamides is 1. The van der Waals surface area contributed by atoms with Gasteiger partial charge in [0.2, 0.25) is 5.91 Å². The molecule has 2 N–H and O–H groups in total. The van der Waals surface area contributed by atoms with Crippen LogP contribution in [0.5, 0.6) is 0 Å². The van der Waals surface area contributed by atoms with Crippen molar-refractivity contribution in [3.63, 3.8) is 0 Å². The molecular formula is C19H21BrN2O4S. The summed E-state index contributed by atoms with van der Waals surface area (Å²) in [6.07, 6.45) is 1.17. The first kappa shape index (κ1) is 19.9. The molecule has 1 saturated heterocycles. The van der Waals surface area contributed by atoms with Crippen molar-refractivity contribution in [3.05, 3.63) is 58.6 Å². The Kier molecular flexibility index (Phi) is 6.18. The third kappa shape index (κ3) is 5.09. The van der Waals surface area contributed by atoms with Gasteiger partial charge in [0.15, 0.2) is 0 Å². The van der Waals surface area contributed by atoms with E-state index in [0.717, 1.165) is 5.56 Å². The Hall–Kier alpha value is -1.90. The number of likely N-dealkylation sites (tertiary alicyclic amines) is 1. The maximum atomic E-state index is 12.5. The van der Waals surface area contributed by atoms with Crippen LogP contribution in [0.1, 0.15) is 18.4 Å². The molecule has 0 spiro atoms. The molecule has 8 heteroatoms. The lowest BCUT2D eigenvalue weighted by Crippen LogP contribution is -2.40. The van der Waals surface area contributed by atoms with E-state index in [9.17, 15) is 18.3 Å². The summed E-state index contributed by atoms with van der Waals surface area (Å²) < 4.78 is 28.0. The van der Waals surface area contributed by atoms with E-state index in [1.165, 1.54) is 6.07 Å². The second-order valence-corrected chi connectivity index (χ2v) is 9.03. The van der Waals surface area contributed by atoms with Gasteiger partial charge >= 0.3 is 0 Å². The molecule has 1 heterocycles. The number of halogens is 1. The van der Waals surface area contributed by atoms with Crippen molar-refractivity contribution in [1.82, 2.24) is 4.90 Å². The minimum absolute atomic E-state index is 0.0171. The lowest BCUT2D eigenvalue weighted by molar-refractivity contribution is -0.132. The number of benzene rings is 2. The van der Waals surface area contributed by atoms with Gasteiger partial charge in [0, 0.05) is 23.2 Å². The summed E-state index contributed by atoms with van der Waals surface area (Å²) >= 11 is 3.25. The van der Waals surface area contributed by atoms with Crippen LogP contribution in [0.4, 0.5) is 5.69 Å². The van der Waals surface area contributed by atoms with Crippen LogP contribution in [-0.2, 0) is 21.2 Å². The van der Waals surface area contributed by atoms with Crippen LogP contribution in [-0.4, -0.2) is 43.5 Å². The molecule has 6 nitrogen and oxygen atoms in total. The van der Waals surface area contributed by atoms with Crippen LogP contribution in [0.15, 0.2) is 57.9 Å². The zero-order valence-electron chi connectivity index (χ0n) is 14.6. The summed E-state index contributed by atoms with van der Waals surface area (Å²) in [5.41, 5.74) is 1.25. The fourth-order valence-electron chi connectivity index (χ4n) is 2.97. The highest BCUT2D eigenvalue weighted by Gasteiger charge is 2.21. The molecule has 1 aliphatic heterocycles. The van der Waals surface area contributed by atoms with Crippen LogP contribution >= 0.6 is 15.9 Å². The molecule has 1 fully saturated rings. The second kappa shape index (κ2) is 8.41. The van der Waals surface area contributed by atoms with Gasteiger partial charge in [-0.05, 0) is 58.6 Å². The monoisotopic (exact) mass is 452 g/mol. The Bertz CT molecular complexity index is 908. The normalized spacial score (nSPS) is 15.6. The summed E-state index contributed by atoms with van der Waals surface area (Å²) in [6.45, 7) is 1.15. The Morgan fingerprint density at radius 3 is 2.37 bits per heavy atom. The highest BCUT2D eigenvalue weighted by molar-refractivity contribution is 9.10. The van der Waals surface area contributed by atoms with E-state index in [4.69, 9.17) is 0 Å². The van der Waals surface area contributed by atoms with Gasteiger partial charge in [-0.25, -0.2) is 8.42 Å². The molecule has 0 bridgehead atoms. The molecule has 27 heavy (non-hydrogen) atoms. The summed E-state index contributed by atoms with van der Waals surface area (Å²) in [4.78, 5) is 14.3. The van der Waals surface area contributed by atoms with E-state index in [0.29, 0.717) is 36.1 Å². The number of amides is 1. The Morgan fingerprint density at radius 1 is 1.11 bits per heavy atom. The number of aliphatic hydroxyl groups excluding tert-OH is 1. The van der Waals surface area contributed by atoms with Gasteiger partial charge in [0.05, 0.1) is 12.5 Å². The molecule has 1 amide bonds. The van der Waals surface area contributed by atoms with Gasteiger partial charge in [-0.1, -0.05) is 24.3 Å². The zero-order chi connectivity index (χ0) is 19.4. The van der Waals surface area contributed by atoms with Crippen molar-refractivity contribution in [1.29, 1.82) is 0 Å². The highest BCUT2D eigenvalue weighted by atomic mass is 79.9. The third-order valence-electron chi connectivity index (χ3n) is 4.50. The van der Waals surface area contributed by atoms with Crippen molar-refractivity contribution in [2.75, 3.05) is 17.8 Å². The molecule has 1 aliphatic rings. The number of carbonyl (C=O) groups excluding carboxylic acids is 1. The van der Waals surface area contributed by atoms with Gasteiger partial charge in [-0.2, -0.15) is 0 Å². The minimum Gasteiger partial charge on any atom is -0.393 e. The zero-order valence-corrected chi connectivity index (χ0v) is 17.0. The van der Waals surface area contributed by atoms with Crippen molar-refractivity contribution in [2.24, 2.45) is 0 Å². The van der Waals surface area contributed by atoms with Crippen LogP contribution in [0.3, 0.4) is 0 Å². The molecule has 0 unspecified atom stereocenters. The molecule has 2 aromatic carbocycles. The van der Waals surface area contributed by atoms with Gasteiger partial charge in [0.25, 0.3) is 10.0 Å². The standard InChI is InChI=1S/C19H21BrN2O4S/c20-17-3-1-2-4-18(17)27(25,26)21-15-7-5-14(6-8-15)13-19(24)22-11-9-16(23)10-12-22/h1-8,16,21,23H,9-13H2. The topological polar surface area (TPSA) is 86.7 Å². The van der Waals surface area contributed by atoms with Gasteiger partial charge in [-0.3, -0.25) is 9.52 Å². The lowest BCUT2D eigenvalue weighted by atomic mass is 10.1. The largest absolute Gasteiger partial charge is 0.393 e. The molecule has 0 radical (unpaired) electrons. The van der Waals surface area contributed by atoms with Crippen LogP contribution < -0.4 is 4.72 Å². The lowest BCUT2D eigenvalue weighted by Gasteiger charge is -2.29. The molecule has 2 aromatic rings. The number of nitrogens with one attached hydrogen (secondary N) is 1. The van der Waals surface area contributed by atoms with E-state index in [1.54, 1.807) is 47.4 Å². The third-order valence-corrected chi connectivity index (χ3v) is 6.90. The highest BCUT2D eigenvalue weighted by Crippen LogP contribution is 2.24. The van der Waals surface area contributed by atoms with Crippen LogP contribution in [0.2, 0.25) is 0 Å². The SMILES string of the molecule is O=C(Cc1ccc(NS(=O)(=O)c2ccccc2Br)cc1)N1CCC(O)CC1. The number of hydrogen-bond donors (Lipinski definition) is 2. The van der Waals surface area contributed by atoms with Crippen molar-refractivity contribution in [2.45, 2.75) is 30.3 Å². The molecule has 0 aromatic heterocycles. The molecular weight excluding hydrogens is 432 g/mol. The Morgan fingerprint density at radius 2 is 1.74 bits per heavy atom. The fraction of sp³-hybridized carbons (Fsp3) is 0.316. The number of aliphatic hydroxyl groups is 1. The van der Waals surface area contributed by atoms with Gasteiger partial charge < -0.3 is 10.0 Å². The van der Waals surface area contributed by atoms with Crippen molar-refractivity contribution in [3.8, 4) is 0 Å². The predicted octanol–water partition coefficient (Wildman–Crippen LogP) is 2.78. The van der Waals surface area contributed by atoms with Crippen molar-refractivity contribution < 1.29 is 18.3 Å².